The van der Waals surface area contributed by atoms with Crippen molar-refractivity contribution in [2.45, 2.75) is 64.8 Å². The minimum absolute atomic E-state index is 0.110. The van der Waals surface area contributed by atoms with Crippen molar-refractivity contribution in [3.05, 3.63) is 40.9 Å². The second-order valence-corrected chi connectivity index (χ2v) is 12.5. The highest BCUT2D eigenvalue weighted by Crippen LogP contribution is 2.39. The van der Waals surface area contributed by atoms with E-state index in [1.54, 1.807) is 0 Å². The van der Waals surface area contributed by atoms with E-state index in [2.05, 4.69) is 37.0 Å². The molecule has 2 atom stereocenters. The van der Waals surface area contributed by atoms with Crippen molar-refractivity contribution in [3.63, 3.8) is 0 Å². The van der Waals surface area contributed by atoms with Gasteiger partial charge in [-0.25, -0.2) is 10.9 Å². The van der Waals surface area contributed by atoms with Gasteiger partial charge in [-0.15, -0.1) is 0 Å². The molecule has 220 valence electrons. The number of carbonyl (C=O) groups is 2. The lowest BCUT2D eigenvalue weighted by molar-refractivity contribution is -0.123. The van der Waals surface area contributed by atoms with Gasteiger partial charge in [0.05, 0.1) is 22.6 Å². The lowest BCUT2D eigenvalue weighted by atomic mass is 9.78. The monoisotopic (exact) mass is 638 g/mol. The van der Waals surface area contributed by atoms with E-state index in [1.807, 2.05) is 87.7 Å². The van der Waals surface area contributed by atoms with Gasteiger partial charge in [0.2, 0.25) is 0 Å². The number of hydrazone groups is 2. The van der Waals surface area contributed by atoms with Gasteiger partial charge in [-0.2, -0.15) is 10.2 Å². The van der Waals surface area contributed by atoms with Crippen molar-refractivity contribution < 1.29 is 28.4 Å². The first kappa shape index (κ1) is 28.5. The number of carbonyl (C=O) groups excluding carboxylic acids is 2. The highest BCUT2D eigenvalue weighted by atomic mass is 79.9. The van der Waals surface area contributed by atoms with Crippen molar-refractivity contribution in [2.24, 2.45) is 10.2 Å². The first-order valence-corrected chi connectivity index (χ1v) is 14.5. The molecule has 2 N–H and O–H groups in total. The molecule has 5 aliphatic heterocycles. The number of benzene rings is 2. The van der Waals surface area contributed by atoms with E-state index in [-0.39, 0.29) is 23.9 Å². The highest BCUT2D eigenvalue weighted by molar-refractivity contribution is 9.10. The fraction of sp³-hybridized carbons (Fsp3) is 0.429. The molecule has 0 spiro atoms. The molecule has 0 bridgehead atoms. The van der Waals surface area contributed by atoms with Crippen LogP contribution in [0, 0.1) is 0 Å². The third-order valence-corrected chi connectivity index (χ3v) is 8.84. The van der Waals surface area contributed by atoms with Crippen LogP contribution < -0.4 is 35.6 Å². The Morgan fingerprint density at radius 1 is 0.810 bits per heavy atom. The second kappa shape index (κ2) is 10.3. The number of amidine groups is 2. The van der Waals surface area contributed by atoms with E-state index >= 15 is 0 Å². The molecule has 0 saturated carbocycles. The molecule has 0 radical (unpaired) electrons. The van der Waals surface area contributed by atoms with Gasteiger partial charge < -0.3 is 28.6 Å². The zero-order chi connectivity index (χ0) is 30.0. The molecule has 5 aliphatic rings. The van der Waals surface area contributed by atoms with Gasteiger partial charge in [0.15, 0.2) is 11.7 Å². The molecule has 14 heteroatoms. The number of anilines is 2. The van der Waals surface area contributed by atoms with Crippen LogP contribution in [0.1, 0.15) is 41.5 Å². The normalized spacial score (nSPS) is 24.6. The fourth-order valence-electron chi connectivity index (χ4n) is 5.17. The molecule has 0 aromatic heterocycles. The Bertz CT molecular complexity index is 1510. The summed E-state index contributed by atoms with van der Waals surface area (Å²) < 4.78 is 24.6. The van der Waals surface area contributed by atoms with Crippen molar-refractivity contribution in [2.75, 3.05) is 23.0 Å². The average Bonchev–Trinajstić information content (AvgIpc) is 3.18. The molecule has 1 fully saturated rings. The van der Waals surface area contributed by atoms with Gasteiger partial charge in [0, 0.05) is 4.47 Å². The molecule has 1 saturated heterocycles. The third kappa shape index (κ3) is 4.80. The Labute approximate surface area is 252 Å². The van der Waals surface area contributed by atoms with E-state index < -0.39 is 18.3 Å². The van der Waals surface area contributed by atoms with E-state index in [9.17, 15) is 9.59 Å². The van der Waals surface area contributed by atoms with Crippen molar-refractivity contribution in [3.8, 4) is 11.5 Å². The lowest BCUT2D eigenvalue weighted by Gasteiger charge is -2.38. The number of fused-ring (bicyclic) bond motifs is 6. The van der Waals surface area contributed by atoms with Crippen molar-refractivity contribution in [1.29, 1.82) is 0 Å². The van der Waals surface area contributed by atoms with Gasteiger partial charge in [0.1, 0.15) is 36.8 Å². The van der Waals surface area contributed by atoms with Crippen LogP contribution in [0.5, 0.6) is 11.5 Å². The first-order chi connectivity index (χ1) is 19.9. The number of nitrogens with one attached hydrogen (secondary N) is 2. The largest absolute Gasteiger partial charge is 0.494 e. The van der Waals surface area contributed by atoms with Gasteiger partial charge in [-0.1, -0.05) is 22.0 Å². The summed E-state index contributed by atoms with van der Waals surface area (Å²) in [4.78, 5) is 27.5. The van der Waals surface area contributed by atoms with Gasteiger partial charge in [-0.05, 0) is 77.3 Å². The zero-order valence-electron chi connectivity index (χ0n) is 24.2. The summed E-state index contributed by atoms with van der Waals surface area (Å²) in [5.74, 6) is 2.65. The summed E-state index contributed by atoms with van der Waals surface area (Å²) in [6.45, 7) is 12.5. The van der Waals surface area contributed by atoms with Gasteiger partial charge in [-0.3, -0.25) is 9.59 Å². The molecule has 0 unspecified atom stereocenters. The molecule has 0 aliphatic carbocycles. The molecule has 2 aromatic carbocycles. The topological polar surface area (TPSA) is 126 Å². The predicted octanol–water partition coefficient (Wildman–Crippen LogP) is 2.50. The molecular weight excluding hydrogens is 607 g/mol. The number of nitrogens with zero attached hydrogens (tertiary/aromatic N) is 4. The van der Waals surface area contributed by atoms with Crippen LogP contribution in [0.25, 0.3) is 0 Å². The molecule has 2 amide bonds. The standard InChI is InChI=1S/C17H22BN3O4.C11H10BrN3O2/c1-10-15(22)20-19-14-9-23-13-7-6-11(8-12(13)21(10)14)18-24-16(2,3)17(4,5)25-18;1-6-11(16)14-13-10-5-17-9-3-2-7(12)4-8(9)15(6)10/h6-8,10H,9H2,1-5H3,(H,20,22);2-4,6H,5H2,1H3,(H,14,16)/t10-;6-/m11/s1. The maximum atomic E-state index is 12.0. The Hall–Kier alpha value is -3.62. The van der Waals surface area contributed by atoms with Crippen molar-refractivity contribution in [1.82, 2.24) is 10.9 Å². The molecule has 7 rings (SSSR count). The summed E-state index contributed by atoms with van der Waals surface area (Å²) in [6.07, 6.45) is 0. The number of amides is 2. The van der Waals surface area contributed by atoms with Crippen LogP contribution in [0.3, 0.4) is 0 Å². The fourth-order valence-corrected chi connectivity index (χ4v) is 5.52. The Morgan fingerprint density at radius 2 is 1.29 bits per heavy atom. The predicted molar refractivity (Wildman–Crippen MR) is 162 cm³/mol. The van der Waals surface area contributed by atoms with Crippen LogP contribution >= 0.6 is 15.9 Å². The molecule has 5 heterocycles. The summed E-state index contributed by atoms with van der Waals surface area (Å²) in [5.41, 5.74) is 6.77. The Kier molecular flexibility index (Phi) is 6.98. The molecular formula is C28H32BBrN6O6. The minimum atomic E-state index is -0.466. The lowest BCUT2D eigenvalue weighted by Crippen LogP contribution is -2.55. The van der Waals surface area contributed by atoms with Crippen LogP contribution in [0.15, 0.2) is 51.1 Å². The quantitative estimate of drug-likeness (QED) is 0.457. The van der Waals surface area contributed by atoms with E-state index in [1.165, 1.54) is 0 Å². The second-order valence-electron chi connectivity index (χ2n) is 11.6. The molecule has 2 aromatic rings. The van der Waals surface area contributed by atoms with Crippen molar-refractivity contribution >= 4 is 63.4 Å². The van der Waals surface area contributed by atoms with Crippen LogP contribution in [0.2, 0.25) is 0 Å². The average molecular weight is 639 g/mol. The van der Waals surface area contributed by atoms with Crippen LogP contribution in [-0.4, -0.2) is 67.1 Å². The maximum absolute atomic E-state index is 12.0. The summed E-state index contributed by atoms with van der Waals surface area (Å²) in [6, 6.07) is 10.9. The minimum Gasteiger partial charge on any atom is -0.483 e. The number of halogens is 1. The first-order valence-electron chi connectivity index (χ1n) is 13.7. The van der Waals surface area contributed by atoms with Gasteiger partial charge in [0.25, 0.3) is 11.8 Å². The summed E-state index contributed by atoms with van der Waals surface area (Å²) in [5, 5.41) is 8.12. The maximum Gasteiger partial charge on any atom is 0.494 e. The highest BCUT2D eigenvalue weighted by Gasteiger charge is 2.52. The number of hydrogen-bond acceptors (Lipinski definition) is 10. The smallest absolute Gasteiger partial charge is 0.483 e. The molecule has 42 heavy (non-hydrogen) atoms. The number of ether oxygens (including phenoxy) is 2. The van der Waals surface area contributed by atoms with Crippen LogP contribution in [-0.2, 0) is 18.9 Å². The number of hydrogen-bond donors (Lipinski definition) is 2. The van der Waals surface area contributed by atoms with Crippen LogP contribution in [0.4, 0.5) is 11.4 Å². The van der Waals surface area contributed by atoms with E-state index in [0.29, 0.717) is 19.0 Å². The zero-order valence-corrected chi connectivity index (χ0v) is 25.8. The summed E-state index contributed by atoms with van der Waals surface area (Å²) >= 11 is 3.42. The van der Waals surface area contributed by atoms with Gasteiger partial charge >= 0.3 is 7.12 Å². The Balaban J connectivity index is 0.000000162. The number of rotatable bonds is 1. The third-order valence-electron chi connectivity index (χ3n) is 8.34. The van der Waals surface area contributed by atoms with E-state index in [0.717, 1.165) is 38.6 Å². The molecule has 12 nitrogen and oxygen atoms in total. The van der Waals surface area contributed by atoms with E-state index in [4.69, 9.17) is 18.8 Å². The summed E-state index contributed by atoms with van der Waals surface area (Å²) in [7, 11) is -0.466. The Morgan fingerprint density at radius 3 is 1.81 bits per heavy atom. The SMILES string of the molecule is C[C@@H]1C(=O)NN=C2COc3ccc(B4OC(C)(C)C(C)(C)O4)cc3N21.C[C@@H]1C(=O)NN=C2COc3ccc(Br)cc3N21.